The summed E-state index contributed by atoms with van der Waals surface area (Å²) in [7, 11) is 1.72. The van der Waals surface area contributed by atoms with Crippen LogP contribution in [0.3, 0.4) is 0 Å². The number of para-hydroxylation sites is 1. The summed E-state index contributed by atoms with van der Waals surface area (Å²) in [6, 6.07) is 6.04. The predicted octanol–water partition coefficient (Wildman–Crippen LogP) is 2.79. The van der Waals surface area contributed by atoms with Gasteiger partial charge in [0.1, 0.15) is 6.10 Å². The highest BCUT2D eigenvalue weighted by atomic mass is 19.1. The lowest BCUT2D eigenvalue weighted by Crippen LogP contribution is -2.44. The van der Waals surface area contributed by atoms with E-state index in [9.17, 15) is 14.3 Å². The Hall–Kier alpha value is -1.82. The third-order valence-electron chi connectivity index (χ3n) is 4.54. The molecule has 0 radical (unpaired) electrons. The minimum absolute atomic E-state index is 0.150. The molecule has 1 aromatic carbocycles. The maximum absolute atomic E-state index is 13.6. The molecule has 2 amide bonds. The Balaban J connectivity index is 1.79. The van der Waals surface area contributed by atoms with E-state index < -0.39 is 5.82 Å². The third kappa shape index (κ3) is 5.09. The zero-order valence-corrected chi connectivity index (χ0v) is 14.4. The van der Waals surface area contributed by atoms with Gasteiger partial charge >= 0.3 is 6.03 Å². The van der Waals surface area contributed by atoms with Crippen molar-refractivity contribution in [3.63, 3.8) is 0 Å². The van der Waals surface area contributed by atoms with Crippen LogP contribution < -0.4 is 10.1 Å². The Morgan fingerprint density at radius 2 is 2.21 bits per heavy atom. The van der Waals surface area contributed by atoms with Crippen LogP contribution in [0.5, 0.6) is 5.75 Å². The lowest BCUT2D eigenvalue weighted by atomic mass is 10.1. The maximum atomic E-state index is 13.6. The molecule has 1 aliphatic carbocycles. The highest BCUT2D eigenvalue weighted by Gasteiger charge is 2.27. The lowest BCUT2D eigenvalue weighted by Gasteiger charge is -2.25. The Labute approximate surface area is 142 Å². The highest BCUT2D eigenvalue weighted by Crippen LogP contribution is 2.26. The first kappa shape index (κ1) is 18.5. The number of carbonyl (C=O) groups is 1. The molecule has 0 spiro atoms. The number of benzene rings is 1. The first-order valence-electron chi connectivity index (χ1n) is 8.59. The number of carbonyl (C=O) groups excluding carboxylic acids is 1. The van der Waals surface area contributed by atoms with Crippen LogP contribution in [0, 0.1) is 11.7 Å². The van der Waals surface area contributed by atoms with Gasteiger partial charge in [-0.1, -0.05) is 25.5 Å². The van der Waals surface area contributed by atoms with Gasteiger partial charge in [-0.2, -0.15) is 0 Å². The number of aliphatic hydroxyl groups excluding tert-OH is 1. The van der Waals surface area contributed by atoms with Crippen molar-refractivity contribution < 1.29 is 19.0 Å². The second-order valence-electron chi connectivity index (χ2n) is 6.40. The molecule has 24 heavy (non-hydrogen) atoms. The molecule has 3 unspecified atom stereocenters. The van der Waals surface area contributed by atoms with Crippen LogP contribution in [0.15, 0.2) is 24.3 Å². The number of hydrogen-bond donors (Lipinski definition) is 2. The molecular weight excluding hydrogens is 311 g/mol. The average Bonchev–Trinajstić information content (AvgIpc) is 2.97. The van der Waals surface area contributed by atoms with Crippen molar-refractivity contribution in [2.45, 2.75) is 44.8 Å². The second kappa shape index (κ2) is 8.87. The van der Waals surface area contributed by atoms with Crippen LogP contribution in [-0.4, -0.2) is 48.4 Å². The highest BCUT2D eigenvalue weighted by molar-refractivity contribution is 5.73. The van der Waals surface area contributed by atoms with E-state index in [2.05, 4.69) is 5.32 Å². The van der Waals surface area contributed by atoms with E-state index >= 15 is 0 Å². The van der Waals surface area contributed by atoms with Gasteiger partial charge in [-0.05, 0) is 31.4 Å². The quantitative estimate of drug-likeness (QED) is 0.804. The van der Waals surface area contributed by atoms with Gasteiger partial charge < -0.3 is 20.1 Å². The van der Waals surface area contributed by atoms with Gasteiger partial charge in [0.2, 0.25) is 0 Å². The van der Waals surface area contributed by atoms with Crippen LogP contribution in [0.4, 0.5) is 9.18 Å². The fourth-order valence-electron chi connectivity index (χ4n) is 2.99. The van der Waals surface area contributed by atoms with Gasteiger partial charge in [-0.25, -0.2) is 9.18 Å². The first-order chi connectivity index (χ1) is 11.5. The molecule has 0 heterocycles. The average molecular weight is 338 g/mol. The van der Waals surface area contributed by atoms with Crippen molar-refractivity contribution in [1.82, 2.24) is 10.2 Å². The number of aliphatic hydroxyl groups is 1. The molecular formula is C18H27FN2O3. The molecule has 6 heteroatoms. The first-order valence-corrected chi connectivity index (χ1v) is 8.59. The maximum Gasteiger partial charge on any atom is 0.317 e. The summed E-state index contributed by atoms with van der Waals surface area (Å²) in [5.74, 6) is -0.0620. The molecule has 0 bridgehead atoms. The number of urea groups is 1. The molecule has 2 rings (SSSR count). The molecule has 1 saturated carbocycles. The van der Waals surface area contributed by atoms with Gasteiger partial charge in [0.25, 0.3) is 0 Å². The topological polar surface area (TPSA) is 61.8 Å². The van der Waals surface area contributed by atoms with Gasteiger partial charge in [0.05, 0.1) is 12.6 Å². The van der Waals surface area contributed by atoms with E-state index in [-0.39, 0.29) is 29.9 Å². The second-order valence-corrected chi connectivity index (χ2v) is 6.40. The molecule has 1 fully saturated rings. The number of halogens is 1. The minimum atomic E-state index is -0.408. The molecule has 0 aliphatic heterocycles. The number of rotatable bonds is 7. The summed E-state index contributed by atoms with van der Waals surface area (Å²) < 4.78 is 19.3. The molecule has 1 aliphatic rings. The Morgan fingerprint density at radius 3 is 2.83 bits per heavy atom. The van der Waals surface area contributed by atoms with Gasteiger partial charge in [0.15, 0.2) is 11.6 Å². The molecule has 134 valence electrons. The van der Waals surface area contributed by atoms with E-state index in [1.165, 1.54) is 6.07 Å². The van der Waals surface area contributed by atoms with Crippen molar-refractivity contribution in [1.29, 1.82) is 0 Å². The van der Waals surface area contributed by atoms with Crippen LogP contribution in [0.2, 0.25) is 0 Å². The number of hydrogen-bond acceptors (Lipinski definition) is 3. The van der Waals surface area contributed by atoms with Crippen molar-refractivity contribution in [2.24, 2.45) is 5.92 Å². The lowest BCUT2D eigenvalue weighted by molar-refractivity contribution is 0.112. The van der Waals surface area contributed by atoms with Gasteiger partial charge in [-0.3, -0.25) is 0 Å². The number of amides is 2. The summed E-state index contributed by atoms with van der Waals surface area (Å²) in [5.41, 5.74) is 0. The predicted molar refractivity (Wildman–Crippen MR) is 90.5 cm³/mol. The van der Waals surface area contributed by atoms with E-state index in [0.717, 1.165) is 19.3 Å². The summed E-state index contributed by atoms with van der Waals surface area (Å²) in [5, 5.41) is 12.7. The smallest absolute Gasteiger partial charge is 0.317 e. The van der Waals surface area contributed by atoms with Gasteiger partial charge in [-0.15, -0.1) is 0 Å². The Kier molecular flexibility index (Phi) is 6.85. The van der Waals surface area contributed by atoms with E-state index in [4.69, 9.17) is 4.74 Å². The molecule has 2 N–H and O–H groups in total. The van der Waals surface area contributed by atoms with Crippen molar-refractivity contribution in [3.05, 3.63) is 30.1 Å². The van der Waals surface area contributed by atoms with E-state index in [0.29, 0.717) is 19.5 Å². The fourth-order valence-corrected chi connectivity index (χ4v) is 2.99. The fraction of sp³-hybridized carbons (Fsp3) is 0.611. The van der Waals surface area contributed by atoms with Crippen molar-refractivity contribution in [2.75, 3.05) is 20.1 Å². The SMILES string of the molecule is CCC(CNC(=O)N(C)CC1CCCC1O)Oc1ccccc1F. The zero-order valence-electron chi connectivity index (χ0n) is 14.4. The zero-order chi connectivity index (χ0) is 17.5. The summed E-state index contributed by atoms with van der Waals surface area (Å²) in [4.78, 5) is 13.8. The van der Waals surface area contributed by atoms with Crippen LogP contribution in [0.25, 0.3) is 0 Å². The standard InChI is InChI=1S/C18H27FN2O3/c1-3-14(24-17-10-5-4-8-15(17)19)11-20-18(23)21(2)12-13-7-6-9-16(13)22/h4-5,8,10,13-14,16,22H,3,6-7,9,11-12H2,1-2H3,(H,20,23). The van der Waals surface area contributed by atoms with E-state index in [1.54, 1.807) is 30.1 Å². The normalized spacial score (nSPS) is 21.3. The monoisotopic (exact) mass is 338 g/mol. The Morgan fingerprint density at radius 1 is 1.46 bits per heavy atom. The number of nitrogens with one attached hydrogen (secondary N) is 1. The summed E-state index contributed by atoms with van der Waals surface area (Å²) in [6.45, 7) is 2.77. The Bertz CT molecular complexity index is 541. The molecule has 0 aromatic heterocycles. The largest absolute Gasteiger partial charge is 0.486 e. The molecule has 0 saturated heterocycles. The van der Waals surface area contributed by atoms with Crippen LogP contribution >= 0.6 is 0 Å². The molecule has 1 aromatic rings. The number of ether oxygens (including phenoxy) is 1. The van der Waals surface area contributed by atoms with Crippen molar-refractivity contribution >= 4 is 6.03 Å². The van der Waals surface area contributed by atoms with Gasteiger partial charge in [0, 0.05) is 19.5 Å². The summed E-state index contributed by atoms with van der Waals surface area (Å²) in [6.07, 6.45) is 2.82. The van der Waals surface area contributed by atoms with Crippen LogP contribution in [-0.2, 0) is 0 Å². The third-order valence-corrected chi connectivity index (χ3v) is 4.54. The number of nitrogens with zero attached hydrogens (tertiary/aromatic N) is 1. The molecule has 3 atom stereocenters. The minimum Gasteiger partial charge on any atom is -0.486 e. The van der Waals surface area contributed by atoms with Crippen molar-refractivity contribution in [3.8, 4) is 5.75 Å². The summed E-state index contributed by atoms with van der Waals surface area (Å²) >= 11 is 0. The van der Waals surface area contributed by atoms with E-state index in [1.807, 2.05) is 6.92 Å². The molecule has 5 nitrogen and oxygen atoms in total. The van der Waals surface area contributed by atoms with Crippen LogP contribution in [0.1, 0.15) is 32.6 Å².